The summed E-state index contributed by atoms with van der Waals surface area (Å²) in [5.41, 5.74) is 11.6. The first-order valence-corrected chi connectivity index (χ1v) is 7.84. The molecule has 2 aromatic rings. The van der Waals surface area contributed by atoms with Crippen molar-refractivity contribution >= 4 is 57.8 Å². The maximum atomic E-state index is 13.9. The second kappa shape index (κ2) is 5.52. The minimum absolute atomic E-state index is 0.123. The number of nitrogens with two attached hydrogens (primary N) is 2. The molecule has 1 aromatic heterocycles. The molecule has 0 spiro atoms. The summed E-state index contributed by atoms with van der Waals surface area (Å²) in [6, 6.07) is 1.43. The normalized spacial score (nSPS) is 10.8. The highest BCUT2D eigenvalue weighted by molar-refractivity contribution is 8.03. The number of nitrogens with zero attached hydrogens (tertiary/aromatic N) is 2. The highest BCUT2D eigenvalue weighted by Crippen LogP contribution is 2.41. The summed E-state index contributed by atoms with van der Waals surface area (Å²) in [6.45, 7) is 0. The summed E-state index contributed by atoms with van der Waals surface area (Å²) in [7, 11) is 0. The van der Waals surface area contributed by atoms with Gasteiger partial charge in [-0.3, -0.25) is 0 Å². The van der Waals surface area contributed by atoms with Crippen LogP contribution in [0.25, 0.3) is 0 Å². The van der Waals surface area contributed by atoms with Crippen molar-refractivity contribution in [3.8, 4) is 0 Å². The van der Waals surface area contributed by atoms with E-state index in [9.17, 15) is 4.39 Å². The van der Waals surface area contributed by atoms with Crippen LogP contribution in [0.2, 0.25) is 5.02 Å². The predicted molar refractivity (Wildman–Crippen MR) is 76.0 cm³/mol. The zero-order chi connectivity index (χ0) is 13.3. The molecule has 1 heterocycles. The summed E-state index contributed by atoms with van der Waals surface area (Å²) in [6.07, 6.45) is 1.89. The van der Waals surface area contributed by atoms with Crippen LogP contribution in [-0.4, -0.2) is 16.5 Å². The van der Waals surface area contributed by atoms with Crippen LogP contribution in [0.1, 0.15) is 0 Å². The van der Waals surface area contributed by atoms with E-state index in [-0.39, 0.29) is 21.3 Å². The van der Waals surface area contributed by atoms with Gasteiger partial charge >= 0.3 is 0 Å². The van der Waals surface area contributed by atoms with Gasteiger partial charge in [0.25, 0.3) is 0 Å². The first-order chi connectivity index (χ1) is 8.52. The molecule has 0 saturated heterocycles. The van der Waals surface area contributed by atoms with Crippen molar-refractivity contribution in [1.82, 2.24) is 10.2 Å². The summed E-state index contributed by atoms with van der Waals surface area (Å²) >= 11 is 9.68. The lowest BCUT2D eigenvalue weighted by Gasteiger charge is -2.08. The van der Waals surface area contributed by atoms with Gasteiger partial charge in [0.2, 0.25) is 0 Å². The Bertz CT molecular complexity index is 589. The molecule has 0 bridgehead atoms. The summed E-state index contributed by atoms with van der Waals surface area (Å²) in [5, 5.41) is 7.73. The number of hydrogen-bond acceptors (Lipinski definition) is 7. The standard InChI is InChI=1S/C9H8ClFN4S3/c1-16-8-14-15-9(18-8)17-7-4(13)2-3(12)5(10)6(7)11/h2H,12-13H2,1H3. The lowest BCUT2D eigenvalue weighted by molar-refractivity contribution is 0.604. The molecule has 1 aromatic carbocycles. The topological polar surface area (TPSA) is 77.8 Å². The molecule has 0 atom stereocenters. The third kappa shape index (κ3) is 2.66. The van der Waals surface area contributed by atoms with Gasteiger partial charge in [-0.15, -0.1) is 10.2 Å². The number of aromatic nitrogens is 2. The molecule has 9 heteroatoms. The van der Waals surface area contributed by atoms with Gasteiger partial charge in [0.1, 0.15) is 5.02 Å². The lowest BCUT2D eigenvalue weighted by Crippen LogP contribution is -1.97. The molecule has 0 aliphatic carbocycles. The molecular weight excluding hydrogens is 315 g/mol. The van der Waals surface area contributed by atoms with E-state index in [4.69, 9.17) is 23.1 Å². The Labute approximate surface area is 120 Å². The highest BCUT2D eigenvalue weighted by atomic mass is 35.5. The Morgan fingerprint density at radius 3 is 2.56 bits per heavy atom. The molecule has 0 aliphatic rings. The van der Waals surface area contributed by atoms with Gasteiger partial charge in [0.15, 0.2) is 14.5 Å². The molecule has 0 unspecified atom stereocenters. The van der Waals surface area contributed by atoms with E-state index in [1.165, 1.54) is 29.2 Å². The minimum Gasteiger partial charge on any atom is -0.398 e. The zero-order valence-corrected chi connectivity index (χ0v) is 12.3. The Morgan fingerprint density at radius 1 is 1.28 bits per heavy atom. The van der Waals surface area contributed by atoms with Gasteiger partial charge in [-0.1, -0.05) is 46.5 Å². The van der Waals surface area contributed by atoms with E-state index in [2.05, 4.69) is 10.2 Å². The number of anilines is 2. The molecule has 0 aliphatic heterocycles. The molecule has 4 nitrogen and oxygen atoms in total. The first-order valence-electron chi connectivity index (χ1n) is 4.61. The third-order valence-corrected chi connectivity index (χ3v) is 5.42. The van der Waals surface area contributed by atoms with Gasteiger partial charge in [-0.05, 0) is 12.3 Å². The van der Waals surface area contributed by atoms with E-state index in [1.807, 2.05) is 6.26 Å². The molecule has 2 rings (SSSR count). The monoisotopic (exact) mass is 322 g/mol. The van der Waals surface area contributed by atoms with E-state index >= 15 is 0 Å². The average Bonchev–Trinajstić information content (AvgIpc) is 2.80. The molecule has 96 valence electrons. The number of halogens is 2. The molecule has 4 N–H and O–H groups in total. The summed E-state index contributed by atoms with van der Waals surface area (Å²) in [4.78, 5) is 0.220. The van der Waals surface area contributed by atoms with Gasteiger partial charge in [-0.25, -0.2) is 4.39 Å². The zero-order valence-electron chi connectivity index (χ0n) is 9.11. The summed E-state index contributed by atoms with van der Waals surface area (Å²) < 4.78 is 15.3. The van der Waals surface area contributed by atoms with Crippen LogP contribution in [0.5, 0.6) is 0 Å². The van der Waals surface area contributed by atoms with Gasteiger partial charge < -0.3 is 11.5 Å². The van der Waals surface area contributed by atoms with Crippen LogP contribution >= 0.6 is 46.5 Å². The SMILES string of the molecule is CSc1nnc(Sc2c(N)cc(N)c(Cl)c2F)s1. The van der Waals surface area contributed by atoms with E-state index in [0.717, 1.165) is 16.1 Å². The Balaban J connectivity index is 2.37. The molecule has 0 saturated carbocycles. The quantitative estimate of drug-likeness (QED) is 0.666. The number of nitrogen functional groups attached to an aromatic ring is 2. The van der Waals surface area contributed by atoms with Crippen molar-refractivity contribution in [3.63, 3.8) is 0 Å². The van der Waals surface area contributed by atoms with Crippen molar-refractivity contribution in [2.45, 2.75) is 13.6 Å². The number of rotatable bonds is 3. The second-order valence-electron chi connectivity index (χ2n) is 3.15. The highest BCUT2D eigenvalue weighted by Gasteiger charge is 2.17. The lowest BCUT2D eigenvalue weighted by atomic mass is 10.3. The fourth-order valence-corrected chi connectivity index (χ4v) is 3.81. The van der Waals surface area contributed by atoms with Crippen molar-refractivity contribution in [2.75, 3.05) is 17.7 Å². The summed E-state index contributed by atoms with van der Waals surface area (Å²) in [5.74, 6) is -0.625. The van der Waals surface area contributed by atoms with Crippen LogP contribution in [0, 0.1) is 5.82 Å². The minimum atomic E-state index is -0.625. The fourth-order valence-electron chi connectivity index (χ4n) is 1.16. The fraction of sp³-hybridized carbons (Fsp3) is 0.111. The largest absolute Gasteiger partial charge is 0.398 e. The van der Waals surface area contributed by atoms with Crippen molar-refractivity contribution < 1.29 is 4.39 Å². The maximum absolute atomic E-state index is 13.9. The molecule has 0 fully saturated rings. The average molecular weight is 323 g/mol. The van der Waals surface area contributed by atoms with Crippen LogP contribution < -0.4 is 11.5 Å². The van der Waals surface area contributed by atoms with E-state index in [1.54, 1.807) is 0 Å². The first kappa shape index (κ1) is 13.7. The van der Waals surface area contributed by atoms with Crippen LogP contribution in [0.15, 0.2) is 19.6 Å². The van der Waals surface area contributed by atoms with E-state index < -0.39 is 5.82 Å². The van der Waals surface area contributed by atoms with Crippen LogP contribution in [0.3, 0.4) is 0 Å². The van der Waals surface area contributed by atoms with E-state index in [0.29, 0.717) is 4.34 Å². The number of benzene rings is 1. The molecule has 0 radical (unpaired) electrons. The maximum Gasteiger partial charge on any atom is 0.180 e. The number of thioether (sulfide) groups is 1. The Morgan fingerprint density at radius 2 is 1.94 bits per heavy atom. The third-order valence-electron chi connectivity index (χ3n) is 1.97. The van der Waals surface area contributed by atoms with Crippen molar-refractivity contribution in [2.24, 2.45) is 0 Å². The predicted octanol–water partition coefficient (Wildman–Crippen LogP) is 3.37. The molecule has 0 amide bonds. The second-order valence-corrected chi connectivity index (χ2v) is 6.82. The van der Waals surface area contributed by atoms with Crippen molar-refractivity contribution in [3.05, 3.63) is 16.9 Å². The molecule has 18 heavy (non-hydrogen) atoms. The Kier molecular flexibility index (Phi) is 4.21. The molecular formula is C9H8ClFN4S3. The van der Waals surface area contributed by atoms with Crippen LogP contribution in [-0.2, 0) is 0 Å². The van der Waals surface area contributed by atoms with Gasteiger partial charge in [0.05, 0.1) is 16.3 Å². The smallest absolute Gasteiger partial charge is 0.180 e. The van der Waals surface area contributed by atoms with Crippen LogP contribution in [0.4, 0.5) is 15.8 Å². The van der Waals surface area contributed by atoms with Crippen molar-refractivity contribution in [1.29, 1.82) is 0 Å². The number of hydrogen-bond donors (Lipinski definition) is 2. The Hall–Kier alpha value is -0.700. The van der Waals surface area contributed by atoms with Gasteiger partial charge in [-0.2, -0.15) is 0 Å². The van der Waals surface area contributed by atoms with Gasteiger partial charge in [0, 0.05) is 0 Å².